The lowest BCUT2D eigenvalue weighted by molar-refractivity contribution is -0.332. The van der Waals surface area contributed by atoms with Gasteiger partial charge in [0.2, 0.25) is 0 Å². The summed E-state index contributed by atoms with van der Waals surface area (Å²) in [6.07, 6.45) is 25.5. The second-order valence-corrected chi connectivity index (χ2v) is 20.5. The van der Waals surface area contributed by atoms with Gasteiger partial charge in [-0.2, -0.15) is 0 Å². The van der Waals surface area contributed by atoms with Gasteiger partial charge < -0.3 is 64.2 Å². The minimum absolute atomic E-state index is 0.173. The summed E-state index contributed by atoms with van der Waals surface area (Å²) in [6, 6.07) is 0. The number of unbranched alkanes of at least 4 members (excludes halogenated alkanes) is 32. The van der Waals surface area contributed by atoms with Crippen LogP contribution in [0.3, 0.4) is 0 Å². The van der Waals surface area contributed by atoms with Gasteiger partial charge >= 0.3 is 11.9 Å². The molecule has 414 valence electrons. The first-order valence-corrected chi connectivity index (χ1v) is 28.6. The molecule has 0 spiro atoms. The Labute approximate surface area is 423 Å². The number of hydrogen-bond donors (Lipinski definition) is 7. The van der Waals surface area contributed by atoms with Crippen molar-refractivity contribution in [2.24, 2.45) is 0 Å². The molecule has 4 unspecified atom stereocenters. The van der Waals surface area contributed by atoms with Crippen molar-refractivity contribution in [3.8, 4) is 0 Å². The molecule has 2 fully saturated rings. The Morgan fingerprint density at radius 2 is 0.729 bits per heavy atom. The van der Waals surface area contributed by atoms with Gasteiger partial charge in [-0.25, -0.2) is 0 Å². The monoisotopic (exact) mass is 1000 g/mol. The van der Waals surface area contributed by atoms with Gasteiger partial charge in [0.05, 0.1) is 19.8 Å². The van der Waals surface area contributed by atoms with E-state index >= 15 is 0 Å². The average Bonchev–Trinajstić information content (AvgIpc) is 3.35. The standard InChI is InChI=1S/C55H104O15/c1-3-5-7-9-11-13-15-17-19-20-21-22-24-25-27-29-31-33-35-37-46(57)65-40-43(68-47(58)38-36-34-32-30-28-26-23-18-16-14-12-10-8-6-4-2)41-66-54-53(64)51(62)49(60)45(70-54)42-67-55-52(63)50(61)48(59)44(39-56)69-55/h43-45,48-56,59-64H,3-42H2,1-2H3/t43-,44+,45+,48-,49-,50?,51?,52?,53?,54+,55+/m0/s1. The zero-order valence-electron chi connectivity index (χ0n) is 44.0. The summed E-state index contributed by atoms with van der Waals surface area (Å²) >= 11 is 0. The third kappa shape index (κ3) is 30.0. The number of aliphatic hydroxyl groups is 7. The van der Waals surface area contributed by atoms with Crippen molar-refractivity contribution in [1.82, 2.24) is 0 Å². The molecule has 0 aromatic heterocycles. The lowest BCUT2D eigenvalue weighted by Gasteiger charge is -2.42. The van der Waals surface area contributed by atoms with Gasteiger partial charge in [-0.3, -0.25) is 9.59 Å². The van der Waals surface area contributed by atoms with E-state index < -0.39 is 92.7 Å². The fraction of sp³-hybridized carbons (Fsp3) is 0.964. The molecule has 0 radical (unpaired) electrons. The maximum Gasteiger partial charge on any atom is 0.306 e. The maximum atomic E-state index is 13.0. The van der Waals surface area contributed by atoms with Crippen molar-refractivity contribution in [2.45, 2.75) is 313 Å². The predicted molar refractivity (Wildman–Crippen MR) is 271 cm³/mol. The Morgan fingerprint density at radius 3 is 1.11 bits per heavy atom. The molecular formula is C55H104O15. The molecule has 70 heavy (non-hydrogen) atoms. The molecule has 2 rings (SSSR count). The van der Waals surface area contributed by atoms with E-state index in [2.05, 4.69) is 13.8 Å². The minimum Gasteiger partial charge on any atom is -0.462 e. The molecule has 2 saturated heterocycles. The van der Waals surface area contributed by atoms with Crippen LogP contribution >= 0.6 is 0 Å². The quantitative estimate of drug-likeness (QED) is 0.0223. The van der Waals surface area contributed by atoms with Crippen molar-refractivity contribution in [2.75, 3.05) is 26.4 Å². The van der Waals surface area contributed by atoms with Crippen molar-refractivity contribution >= 4 is 11.9 Å². The number of carbonyl (C=O) groups is 2. The normalized spacial score (nSPS) is 25.3. The van der Waals surface area contributed by atoms with Crippen LogP contribution in [0.5, 0.6) is 0 Å². The van der Waals surface area contributed by atoms with Gasteiger partial charge in [0.15, 0.2) is 18.7 Å². The summed E-state index contributed by atoms with van der Waals surface area (Å²) in [5.74, 6) is -0.905. The van der Waals surface area contributed by atoms with E-state index in [1.807, 2.05) is 0 Å². The van der Waals surface area contributed by atoms with Gasteiger partial charge in [-0.15, -0.1) is 0 Å². The average molecular weight is 1010 g/mol. The fourth-order valence-corrected chi connectivity index (χ4v) is 9.40. The first kappa shape index (κ1) is 64.6. The van der Waals surface area contributed by atoms with Crippen molar-refractivity contribution in [3.63, 3.8) is 0 Å². The number of carbonyl (C=O) groups excluding carboxylic acids is 2. The van der Waals surface area contributed by atoms with Crippen LogP contribution in [0.1, 0.15) is 245 Å². The highest BCUT2D eigenvalue weighted by Crippen LogP contribution is 2.27. The summed E-state index contributed by atoms with van der Waals surface area (Å²) in [5.41, 5.74) is 0. The van der Waals surface area contributed by atoms with E-state index in [1.165, 1.54) is 167 Å². The molecule has 2 heterocycles. The molecule has 11 atom stereocenters. The zero-order valence-corrected chi connectivity index (χ0v) is 44.0. The van der Waals surface area contributed by atoms with E-state index in [0.29, 0.717) is 12.8 Å². The van der Waals surface area contributed by atoms with Crippen molar-refractivity contribution in [1.29, 1.82) is 0 Å². The van der Waals surface area contributed by atoms with Gasteiger partial charge in [0, 0.05) is 12.8 Å². The number of esters is 2. The van der Waals surface area contributed by atoms with E-state index in [9.17, 15) is 45.3 Å². The van der Waals surface area contributed by atoms with E-state index in [4.69, 9.17) is 28.4 Å². The van der Waals surface area contributed by atoms with Gasteiger partial charge in [0.25, 0.3) is 0 Å². The Hall–Kier alpha value is -1.50. The maximum absolute atomic E-state index is 13.0. The summed E-state index contributed by atoms with van der Waals surface area (Å²) < 4.78 is 33.7. The van der Waals surface area contributed by atoms with Crippen LogP contribution in [-0.4, -0.2) is 142 Å². The van der Waals surface area contributed by atoms with Gasteiger partial charge in [-0.05, 0) is 12.8 Å². The topological polar surface area (TPSA) is 231 Å². The number of rotatable bonds is 46. The SMILES string of the molecule is CCCCCCCCCCCCCCCCCCCCCC(=O)OC[C@@H](CO[C@@H]1O[C@H](CO[C@@H]2O[C@H](CO)[C@H](O)C(O)C2O)[C@H](O)C(O)C1O)OC(=O)CCCCCCCCCCCCCCCCC. The van der Waals surface area contributed by atoms with E-state index in [-0.39, 0.29) is 26.1 Å². The third-order valence-corrected chi connectivity index (χ3v) is 14.1. The van der Waals surface area contributed by atoms with Crippen LogP contribution in [0.4, 0.5) is 0 Å². The van der Waals surface area contributed by atoms with Crippen LogP contribution in [0.25, 0.3) is 0 Å². The van der Waals surface area contributed by atoms with Crippen LogP contribution in [0.2, 0.25) is 0 Å². The van der Waals surface area contributed by atoms with Gasteiger partial charge in [-0.1, -0.05) is 219 Å². The number of ether oxygens (including phenoxy) is 6. The predicted octanol–water partition coefficient (Wildman–Crippen LogP) is 9.17. The largest absolute Gasteiger partial charge is 0.462 e. The highest BCUT2D eigenvalue weighted by atomic mass is 16.7. The Bertz CT molecular complexity index is 1230. The van der Waals surface area contributed by atoms with Crippen molar-refractivity contribution < 1.29 is 73.8 Å². The third-order valence-electron chi connectivity index (χ3n) is 14.1. The Kier molecular flexibility index (Phi) is 39.5. The van der Waals surface area contributed by atoms with Crippen LogP contribution < -0.4 is 0 Å². The first-order chi connectivity index (χ1) is 34.0. The van der Waals surface area contributed by atoms with Crippen LogP contribution in [-0.2, 0) is 38.0 Å². The molecule has 0 aliphatic carbocycles. The lowest BCUT2D eigenvalue weighted by atomic mass is 9.98. The lowest BCUT2D eigenvalue weighted by Crippen LogP contribution is -2.61. The minimum atomic E-state index is -1.76. The molecule has 15 heteroatoms. The van der Waals surface area contributed by atoms with Crippen LogP contribution in [0.15, 0.2) is 0 Å². The summed E-state index contributed by atoms with van der Waals surface area (Å²) in [7, 11) is 0. The molecular weight excluding hydrogens is 901 g/mol. The first-order valence-electron chi connectivity index (χ1n) is 28.6. The Morgan fingerprint density at radius 1 is 0.400 bits per heavy atom. The molecule has 0 bridgehead atoms. The smallest absolute Gasteiger partial charge is 0.306 e. The number of aliphatic hydroxyl groups excluding tert-OH is 7. The Balaban J connectivity index is 1.75. The molecule has 15 nitrogen and oxygen atoms in total. The van der Waals surface area contributed by atoms with Gasteiger partial charge in [0.1, 0.15) is 55.4 Å². The summed E-state index contributed by atoms with van der Waals surface area (Å²) in [5, 5.41) is 72.2. The highest BCUT2D eigenvalue weighted by Gasteiger charge is 2.47. The second-order valence-electron chi connectivity index (χ2n) is 20.5. The molecule has 0 aromatic carbocycles. The molecule has 2 aliphatic rings. The van der Waals surface area contributed by atoms with E-state index in [1.54, 1.807) is 0 Å². The summed E-state index contributed by atoms with van der Waals surface area (Å²) in [4.78, 5) is 25.8. The number of hydrogen-bond acceptors (Lipinski definition) is 15. The highest BCUT2D eigenvalue weighted by molar-refractivity contribution is 5.70. The zero-order chi connectivity index (χ0) is 51.0. The molecule has 0 amide bonds. The van der Waals surface area contributed by atoms with E-state index in [0.717, 1.165) is 38.5 Å². The molecule has 2 aliphatic heterocycles. The summed E-state index contributed by atoms with van der Waals surface area (Å²) in [6.45, 7) is 2.65. The van der Waals surface area contributed by atoms with Crippen LogP contribution in [0, 0.1) is 0 Å². The molecule has 7 N–H and O–H groups in total. The second kappa shape index (κ2) is 42.8. The fourth-order valence-electron chi connectivity index (χ4n) is 9.40. The molecule has 0 aromatic rings. The molecule has 0 saturated carbocycles. The van der Waals surface area contributed by atoms with Crippen molar-refractivity contribution in [3.05, 3.63) is 0 Å².